The van der Waals surface area contributed by atoms with Crippen LogP contribution in [-0.4, -0.2) is 40.4 Å². The molecule has 0 fully saturated rings. The molecule has 0 aromatic heterocycles. The number of aliphatic hydroxyl groups excluding tert-OH is 1. The number of rotatable bonds is 6. The van der Waals surface area contributed by atoms with Crippen LogP contribution in [0.25, 0.3) is 0 Å². The molecule has 0 saturated heterocycles. The van der Waals surface area contributed by atoms with E-state index in [1.54, 1.807) is 0 Å². The largest absolute Gasteiger partial charge is 0.438 e. The molecule has 6 heteroatoms. The monoisotopic (exact) mass is 233 g/mol. The van der Waals surface area contributed by atoms with Gasteiger partial charge in [-0.05, 0) is 19.3 Å². The van der Waals surface area contributed by atoms with E-state index < -0.39 is 30.2 Å². The molecular weight excluding hydrogens is 214 g/mol. The summed E-state index contributed by atoms with van der Waals surface area (Å²) in [5.41, 5.74) is 2.91. The molecule has 0 radical (unpaired) electrons. The summed E-state index contributed by atoms with van der Waals surface area (Å²) in [6.07, 6.45) is -1.95. The van der Waals surface area contributed by atoms with Gasteiger partial charge in [0, 0.05) is 0 Å². The summed E-state index contributed by atoms with van der Waals surface area (Å²) < 4.78 is 4.63. The highest BCUT2D eigenvalue weighted by Gasteiger charge is 2.37. The number of hydrogen-bond donors (Lipinski definition) is 3. The van der Waals surface area contributed by atoms with Crippen LogP contribution in [-0.2, 0) is 9.53 Å². The fourth-order valence-electron chi connectivity index (χ4n) is 1.20. The van der Waals surface area contributed by atoms with Gasteiger partial charge < -0.3 is 20.7 Å². The molecular formula is C10H19NO5. The number of aliphatic hydroxyl groups is 2. The van der Waals surface area contributed by atoms with Crippen molar-refractivity contribution >= 4 is 11.9 Å². The second kappa shape index (κ2) is 5.81. The van der Waals surface area contributed by atoms with E-state index >= 15 is 0 Å². The van der Waals surface area contributed by atoms with Gasteiger partial charge in [-0.1, -0.05) is 13.8 Å². The average Bonchev–Trinajstić information content (AvgIpc) is 2.14. The third-order valence-corrected chi connectivity index (χ3v) is 2.08. The van der Waals surface area contributed by atoms with Crippen molar-refractivity contribution < 1.29 is 24.5 Å². The Morgan fingerprint density at radius 2 is 1.94 bits per heavy atom. The summed E-state index contributed by atoms with van der Waals surface area (Å²) >= 11 is 0. The van der Waals surface area contributed by atoms with E-state index in [-0.39, 0.29) is 12.3 Å². The van der Waals surface area contributed by atoms with E-state index in [2.05, 4.69) is 4.74 Å². The number of carbonyl (C=O) groups excluding carboxylic acids is 2. The van der Waals surface area contributed by atoms with Crippen LogP contribution in [0, 0.1) is 5.92 Å². The van der Waals surface area contributed by atoms with Crippen molar-refractivity contribution in [2.45, 2.75) is 38.9 Å². The Morgan fingerprint density at radius 1 is 1.44 bits per heavy atom. The van der Waals surface area contributed by atoms with Crippen LogP contribution in [0.2, 0.25) is 0 Å². The van der Waals surface area contributed by atoms with Gasteiger partial charge in [0.1, 0.15) is 5.60 Å². The van der Waals surface area contributed by atoms with Crippen molar-refractivity contribution in [3.05, 3.63) is 0 Å². The van der Waals surface area contributed by atoms with Crippen LogP contribution < -0.4 is 5.73 Å². The molecule has 0 aliphatic carbocycles. The first-order chi connectivity index (χ1) is 7.20. The van der Waals surface area contributed by atoms with E-state index in [1.807, 2.05) is 13.8 Å². The molecule has 4 N–H and O–H groups in total. The van der Waals surface area contributed by atoms with Crippen molar-refractivity contribution in [1.29, 1.82) is 0 Å². The fraction of sp³-hybridized carbons (Fsp3) is 0.800. The average molecular weight is 233 g/mol. The predicted molar refractivity (Wildman–Crippen MR) is 56.6 cm³/mol. The van der Waals surface area contributed by atoms with Gasteiger partial charge >= 0.3 is 6.09 Å². The summed E-state index contributed by atoms with van der Waals surface area (Å²) in [6, 6.07) is 0. The number of ketones is 1. The van der Waals surface area contributed by atoms with Gasteiger partial charge in [-0.25, -0.2) is 4.79 Å². The zero-order valence-electron chi connectivity index (χ0n) is 9.77. The first-order valence-electron chi connectivity index (χ1n) is 5.04. The SMILES string of the molecule is CC(C)C[C@H](OC(N)=O)C(=O)[C@](C)(O)CO. The number of ether oxygens (including phenoxy) is 1. The molecule has 0 aliphatic heterocycles. The van der Waals surface area contributed by atoms with Crippen molar-refractivity contribution in [3.8, 4) is 0 Å². The fourth-order valence-corrected chi connectivity index (χ4v) is 1.20. The molecule has 94 valence electrons. The Hall–Kier alpha value is -1.14. The molecule has 0 saturated carbocycles. The Kier molecular flexibility index (Phi) is 5.40. The minimum absolute atomic E-state index is 0.0859. The van der Waals surface area contributed by atoms with Crippen LogP contribution in [0.4, 0.5) is 4.79 Å². The first kappa shape index (κ1) is 14.9. The second-order valence-corrected chi connectivity index (χ2v) is 4.35. The van der Waals surface area contributed by atoms with Crippen molar-refractivity contribution in [2.24, 2.45) is 11.7 Å². The molecule has 2 atom stereocenters. The third kappa shape index (κ3) is 4.59. The lowest BCUT2D eigenvalue weighted by atomic mass is 9.92. The van der Waals surface area contributed by atoms with E-state index in [9.17, 15) is 14.7 Å². The number of hydrogen-bond acceptors (Lipinski definition) is 5. The zero-order valence-corrected chi connectivity index (χ0v) is 9.77. The number of primary amides is 1. The molecule has 0 bridgehead atoms. The highest BCUT2D eigenvalue weighted by molar-refractivity contribution is 5.92. The maximum absolute atomic E-state index is 11.7. The van der Waals surface area contributed by atoms with Crippen LogP contribution in [0.5, 0.6) is 0 Å². The smallest absolute Gasteiger partial charge is 0.405 e. The molecule has 16 heavy (non-hydrogen) atoms. The van der Waals surface area contributed by atoms with Gasteiger partial charge in [0.25, 0.3) is 0 Å². The Balaban J connectivity index is 4.75. The van der Waals surface area contributed by atoms with Crippen LogP contribution >= 0.6 is 0 Å². The molecule has 0 spiro atoms. The van der Waals surface area contributed by atoms with Gasteiger partial charge in [-0.2, -0.15) is 0 Å². The molecule has 0 unspecified atom stereocenters. The van der Waals surface area contributed by atoms with E-state index in [4.69, 9.17) is 10.8 Å². The second-order valence-electron chi connectivity index (χ2n) is 4.35. The summed E-state index contributed by atoms with van der Waals surface area (Å²) in [7, 11) is 0. The topological polar surface area (TPSA) is 110 Å². The lowest BCUT2D eigenvalue weighted by Gasteiger charge is -2.25. The normalized spacial score (nSPS) is 16.6. The minimum Gasteiger partial charge on any atom is -0.438 e. The van der Waals surface area contributed by atoms with E-state index in [1.165, 1.54) is 0 Å². The third-order valence-electron chi connectivity index (χ3n) is 2.08. The number of amides is 1. The Bertz CT molecular complexity index is 262. The zero-order chi connectivity index (χ0) is 12.9. The van der Waals surface area contributed by atoms with Crippen LogP contribution in [0.15, 0.2) is 0 Å². The van der Waals surface area contributed by atoms with E-state index in [0.717, 1.165) is 6.92 Å². The number of nitrogens with two attached hydrogens (primary N) is 1. The maximum Gasteiger partial charge on any atom is 0.405 e. The highest BCUT2D eigenvalue weighted by Crippen LogP contribution is 2.16. The van der Waals surface area contributed by atoms with Gasteiger partial charge in [-0.3, -0.25) is 4.79 Å². The van der Waals surface area contributed by atoms with E-state index in [0.29, 0.717) is 0 Å². The van der Waals surface area contributed by atoms with Crippen molar-refractivity contribution in [1.82, 2.24) is 0 Å². The van der Waals surface area contributed by atoms with Crippen LogP contribution in [0.3, 0.4) is 0 Å². The van der Waals surface area contributed by atoms with Gasteiger partial charge in [0.2, 0.25) is 5.78 Å². The summed E-state index contributed by atoms with van der Waals surface area (Å²) in [4.78, 5) is 22.3. The molecule has 0 aliphatic rings. The summed E-state index contributed by atoms with van der Waals surface area (Å²) in [5, 5.41) is 18.4. The quantitative estimate of drug-likeness (QED) is 0.589. The molecule has 1 amide bonds. The highest BCUT2D eigenvalue weighted by atomic mass is 16.6. The van der Waals surface area contributed by atoms with Gasteiger partial charge in [-0.15, -0.1) is 0 Å². The van der Waals surface area contributed by atoms with Crippen molar-refractivity contribution in [3.63, 3.8) is 0 Å². The predicted octanol–water partition coefficient (Wildman–Crippen LogP) is -0.191. The minimum atomic E-state index is -1.92. The molecule has 0 aromatic carbocycles. The lowest BCUT2D eigenvalue weighted by molar-refractivity contribution is -0.149. The van der Waals surface area contributed by atoms with Crippen molar-refractivity contribution in [2.75, 3.05) is 6.61 Å². The Morgan fingerprint density at radius 3 is 2.25 bits per heavy atom. The van der Waals surface area contributed by atoms with Gasteiger partial charge in [0.15, 0.2) is 6.10 Å². The Labute approximate surface area is 94.4 Å². The molecule has 6 nitrogen and oxygen atoms in total. The maximum atomic E-state index is 11.7. The molecule has 0 aromatic rings. The first-order valence-corrected chi connectivity index (χ1v) is 5.04. The number of Topliss-reactive ketones (excluding diaryl/α,β-unsaturated/α-hetero) is 1. The standard InChI is InChI=1S/C10H19NO5/c1-6(2)4-7(16-9(11)14)8(13)10(3,15)5-12/h6-7,12,15H,4-5H2,1-3H3,(H2,11,14)/t7-,10+/m0/s1. The van der Waals surface area contributed by atoms with Gasteiger partial charge in [0.05, 0.1) is 6.61 Å². The lowest BCUT2D eigenvalue weighted by Crippen LogP contribution is -2.47. The molecule has 0 heterocycles. The van der Waals surface area contributed by atoms with Crippen LogP contribution in [0.1, 0.15) is 27.2 Å². The number of carbonyl (C=O) groups is 2. The summed E-state index contributed by atoms with van der Waals surface area (Å²) in [6.45, 7) is 4.09. The molecule has 0 rings (SSSR count). The summed E-state index contributed by atoms with van der Waals surface area (Å²) in [5.74, 6) is -0.662.